The summed E-state index contributed by atoms with van der Waals surface area (Å²) < 4.78 is 21.9. The van der Waals surface area contributed by atoms with E-state index in [4.69, 9.17) is 24.1 Å². The van der Waals surface area contributed by atoms with E-state index in [0.29, 0.717) is 37.3 Å². The van der Waals surface area contributed by atoms with E-state index in [0.717, 1.165) is 6.42 Å². The van der Waals surface area contributed by atoms with Crippen LogP contribution in [-0.4, -0.2) is 74.4 Å². The lowest BCUT2D eigenvalue weighted by molar-refractivity contribution is -0.142. The predicted octanol–water partition coefficient (Wildman–Crippen LogP) is 7.29. The first kappa shape index (κ1) is 38.6. The van der Waals surface area contributed by atoms with E-state index < -0.39 is 24.6 Å². The minimum absolute atomic E-state index is 0.000212. The third kappa shape index (κ3) is 15.1. The van der Waals surface area contributed by atoms with Crippen molar-refractivity contribution in [3.63, 3.8) is 0 Å². The molecule has 0 aliphatic rings. The number of hydrogen-bond acceptors (Lipinski definition) is 8. The molecule has 0 bridgehead atoms. The maximum atomic E-state index is 13.1. The van der Waals surface area contributed by atoms with Gasteiger partial charge in [0.25, 0.3) is 5.91 Å². The molecule has 0 spiro atoms. The minimum atomic E-state index is -1.11. The van der Waals surface area contributed by atoms with Gasteiger partial charge in [-0.1, -0.05) is 90.7 Å². The van der Waals surface area contributed by atoms with E-state index >= 15 is 0 Å². The van der Waals surface area contributed by atoms with Gasteiger partial charge < -0.3 is 34.5 Å². The number of amides is 2. The largest absolute Gasteiger partial charge is 0.506 e. The molecule has 4 N–H and O–H groups in total. The molecule has 0 aliphatic carbocycles. The van der Waals surface area contributed by atoms with E-state index in [1.807, 2.05) is 13.8 Å². The van der Waals surface area contributed by atoms with Crippen LogP contribution in [0.25, 0.3) is 10.8 Å². The van der Waals surface area contributed by atoms with Crippen LogP contribution in [0, 0.1) is 5.92 Å². The highest BCUT2D eigenvalue weighted by molar-refractivity contribution is 6.11. The first-order valence-electron chi connectivity index (χ1n) is 16.7. The summed E-state index contributed by atoms with van der Waals surface area (Å²) >= 11 is 0. The number of rotatable bonds is 25. The van der Waals surface area contributed by atoms with Gasteiger partial charge in [-0.25, -0.2) is 9.59 Å². The molecule has 0 atom stereocenters. The number of phenolic OH excluding ortho intramolecular Hbond substituents is 1. The molecular formula is C35H54N2O9. The fourth-order valence-electron chi connectivity index (χ4n) is 4.85. The molecule has 11 heteroatoms. The van der Waals surface area contributed by atoms with Crippen molar-refractivity contribution >= 4 is 34.4 Å². The molecule has 2 aromatic carbocycles. The van der Waals surface area contributed by atoms with Crippen LogP contribution in [0.1, 0.15) is 102 Å². The number of hydrogen-bond donors (Lipinski definition) is 4. The molecule has 11 nitrogen and oxygen atoms in total. The monoisotopic (exact) mass is 646 g/mol. The maximum Gasteiger partial charge on any atom is 0.411 e. The lowest BCUT2D eigenvalue weighted by Crippen LogP contribution is -2.25. The second kappa shape index (κ2) is 22.9. The lowest BCUT2D eigenvalue weighted by Gasteiger charge is -2.17. The highest BCUT2D eigenvalue weighted by atomic mass is 16.5. The van der Waals surface area contributed by atoms with Crippen LogP contribution in [0.3, 0.4) is 0 Å². The molecule has 2 rings (SSSR count). The zero-order chi connectivity index (χ0) is 33.6. The smallest absolute Gasteiger partial charge is 0.411 e. The van der Waals surface area contributed by atoms with Gasteiger partial charge in [-0.2, -0.15) is 0 Å². The number of ether oxygens (including phenoxy) is 4. The van der Waals surface area contributed by atoms with Crippen LogP contribution in [0.4, 0.5) is 10.5 Å². The zero-order valence-electron chi connectivity index (χ0n) is 27.9. The number of anilines is 1. The third-order valence-electron chi connectivity index (χ3n) is 7.23. The Morgan fingerprint density at radius 2 is 1.52 bits per heavy atom. The maximum absolute atomic E-state index is 13.1. The third-order valence-corrected chi connectivity index (χ3v) is 7.23. The number of carboxylic acid groups (broad SMARTS) is 1. The number of carboxylic acids is 1. The van der Waals surface area contributed by atoms with Crippen molar-refractivity contribution < 1.29 is 43.5 Å². The van der Waals surface area contributed by atoms with Gasteiger partial charge in [0.15, 0.2) is 0 Å². The summed E-state index contributed by atoms with van der Waals surface area (Å²) in [6.07, 6.45) is 12.7. The average molecular weight is 647 g/mol. The van der Waals surface area contributed by atoms with Gasteiger partial charge in [0.05, 0.1) is 29.9 Å². The summed E-state index contributed by atoms with van der Waals surface area (Å²) in [5.74, 6) is -1.51. The van der Waals surface area contributed by atoms with Crippen molar-refractivity contribution in [2.75, 3.05) is 51.5 Å². The van der Waals surface area contributed by atoms with Crippen LogP contribution in [-0.2, 0) is 19.0 Å². The van der Waals surface area contributed by atoms with Crippen molar-refractivity contribution in [2.45, 2.75) is 91.4 Å². The van der Waals surface area contributed by atoms with Crippen LogP contribution in [0.15, 0.2) is 24.3 Å². The molecule has 0 unspecified atom stereocenters. The van der Waals surface area contributed by atoms with E-state index in [1.54, 1.807) is 18.2 Å². The Morgan fingerprint density at radius 3 is 2.20 bits per heavy atom. The Morgan fingerprint density at radius 1 is 0.848 bits per heavy atom. The Bertz CT molecular complexity index is 1200. The first-order valence-corrected chi connectivity index (χ1v) is 16.7. The van der Waals surface area contributed by atoms with Gasteiger partial charge in [-0.3, -0.25) is 10.1 Å². The number of phenols is 1. The minimum Gasteiger partial charge on any atom is -0.506 e. The molecule has 258 valence electrons. The number of benzene rings is 2. The fourth-order valence-corrected chi connectivity index (χ4v) is 4.85. The Hall–Kier alpha value is -3.57. The Kier molecular flexibility index (Phi) is 19.2. The number of unbranched alkanes of at least 4 members (excludes halogenated alkanes) is 9. The van der Waals surface area contributed by atoms with Crippen molar-refractivity contribution in [3.8, 4) is 11.5 Å². The van der Waals surface area contributed by atoms with Crippen LogP contribution in [0.5, 0.6) is 11.5 Å². The van der Waals surface area contributed by atoms with Crippen molar-refractivity contribution in [2.24, 2.45) is 5.92 Å². The Labute approximate surface area is 273 Å². The van der Waals surface area contributed by atoms with Crippen LogP contribution >= 0.6 is 0 Å². The summed E-state index contributed by atoms with van der Waals surface area (Å²) in [5, 5.41) is 26.1. The second-order valence-electron chi connectivity index (χ2n) is 11.8. The molecule has 2 amide bonds. The van der Waals surface area contributed by atoms with Gasteiger partial charge in [-0.05, 0) is 30.9 Å². The quantitative estimate of drug-likeness (QED) is 0.0815. The van der Waals surface area contributed by atoms with E-state index in [1.165, 1.54) is 63.9 Å². The molecule has 2 aromatic rings. The lowest BCUT2D eigenvalue weighted by atomic mass is 10.0. The molecule has 46 heavy (non-hydrogen) atoms. The highest BCUT2D eigenvalue weighted by Crippen LogP contribution is 2.40. The van der Waals surface area contributed by atoms with Gasteiger partial charge in [0, 0.05) is 25.1 Å². The Balaban J connectivity index is 1.92. The number of carbonyl (C=O) groups is 3. The number of aromatic hydroxyl groups is 1. The number of fused-ring (bicyclic) bond motifs is 1. The topological polar surface area (TPSA) is 153 Å². The number of aliphatic carboxylic acids is 1. The summed E-state index contributed by atoms with van der Waals surface area (Å²) in [6, 6.07) is 6.27. The molecule has 0 aliphatic heterocycles. The first-order chi connectivity index (χ1) is 22.2. The van der Waals surface area contributed by atoms with Gasteiger partial charge >= 0.3 is 12.1 Å². The number of nitrogens with one attached hydrogen (secondary N) is 2. The standard InChI is InChI=1S/C35H54N2O9/c1-4-5-6-7-8-9-10-11-12-13-19-43-20-15-18-36-34(41)28-23-30(45-22-21-44-25-31(38)39)32-27(33(28)40)16-14-17-29(32)37-35(42)46-24-26(2)3/h14,16-17,23,26,40H,4-13,15,18-22,24-25H2,1-3H3,(H,36,41)(H,37,42)(H,38,39). The number of carbonyl (C=O) groups excluding carboxylic acids is 2. The highest BCUT2D eigenvalue weighted by Gasteiger charge is 2.21. The van der Waals surface area contributed by atoms with Crippen molar-refractivity contribution in [1.82, 2.24) is 5.32 Å². The summed E-state index contributed by atoms with van der Waals surface area (Å²) in [4.78, 5) is 36.3. The fraction of sp³-hybridized carbons (Fsp3) is 0.629. The summed E-state index contributed by atoms with van der Waals surface area (Å²) in [6.45, 7) is 7.34. The molecule has 0 radical (unpaired) electrons. The molecular weight excluding hydrogens is 592 g/mol. The van der Waals surface area contributed by atoms with E-state index in [9.17, 15) is 19.5 Å². The van der Waals surface area contributed by atoms with E-state index in [-0.39, 0.29) is 48.2 Å². The molecule has 0 saturated carbocycles. The van der Waals surface area contributed by atoms with Crippen LogP contribution < -0.4 is 15.4 Å². The van der Waals surface area contributed by atoms with Gasteiger partial charge in [0.2, 0.25) is 0 Å². The van der Waals surface area contributed by atoms with Gasteiger partial charge in [-0.15, -0.1) is 0 Å². The SMILES string of the molecule is CCCCCCCCCCCCOCCCNC(=O)c1cc(OCCOCC(=O)O)c2c(NC(=O)OCC(C)C)cccc2c1O. The van der Waals surface area contributed by atoms with Crippen LogP contribution in [0.2, 0.25) is 0 Å². The van der Waals surface area contributed by atoms with Gasteiger partial charge in [0.1, 0.15) is 24.7 Å². The zero-order valence-corrected chi connectivity index (χ0v) is 27.9. The predicted molar refractivity (Wildman–Crippen MR) is 179 cm³/mol. The molecule has 0 saturated heterocycles. The van der Waals surface area contributed by atoms with E-state index in [2.05, 4.69) is 17.6 Å². The normalized spacial score (nSPS) is 11.1. The van der Waals surface area contributed by atoms with Crippen molar-refractivity contribution in [3.05, 3.63) is 29.8 Å². The average Bonchev–Trinajstić information content (AvgIpc) is 3.02. The summed E-state index contributed by atoms with van der Waals surface area (Å²) in [5.41, 5.74) is 0.314. The summed E-state index contributed by atoms with van der Waals surface area (Å²) in [7, 11) is 0. The second-order valence-corrected chi connectivity index (χ2v) is 11.8. The molecule has 0 heterocycles. The molecule has 0 aromatic heterocycles. The molecule has 0 fully saturated rings. The van der Waals surface area contributed by atoms with Crippen molar-refractivity contribution in [1.29, 1.82) is 0 Å².